The summed E-state index contributed by atoms with van der Waals surface area (Å²) >= 11 is 2.83. The summed E-state index contributed by atoms with van der Waals surface area (Å²) in [5.74, 6) is 0. The minimum absolute atomic E-state index is 0.297. The van der Waals surface area contributed by atoms with Crippen LogP contribution in [0.1, 0.15) is 23.7 Å². The summed E-state index contributed by atoms with van der Waals surface area (Å²) in [5.41, 5.74) is 3.81. The Hall–Kier alpha value is -2.50. The van der Waals surface area contributed by atoms with Crippen LogP contribution in [0.5, 0.6) is 0 Å². The normalized spacial score (nSPS) is 10.4. The number of benzene rings is 1. The highest BCUT2D eigenvalue weighted by molar-refractivity contribution is 8.01. The Balaban J connectivity index is 1.75. The van der Waals surface area contributed by atoms with Crippen LogP contribution in [0.25, 0.3) is 0 Å². The van der Waals surface area contributed by atoms with Crippen molar-refractivity contribution in [3.8, 4) is 6.07 Å². The van der Waals surface area contributed by atoms with Crippen LogP contribution in [0, 0.1) is 18.3 Å². The van der Waals surface area contributed by atoms with Gasteiger partial charge < -0.3 is 5.32 Å². The predicted molar refractivity (Wildman–Crippen MR) is 94.6 cm³/mol. The van der Waals surface area contributed by atoms with Gasteiger partial charge in [-0.25, -0.2) is 0 Å². The van der Waals surface area contributed by atoms with E-state index in [9.17, 15) is 0 Å². The molecule has 6 nitrogen and oxygen atoms in total. The second kappa shape index (κ2) is 7.38. The van der Waals surface area contributed by atoms with E-state index in [4.69, 9.17) is 5.26 Å². The third kappa shape index (κ3) is 3.69. The predicted octanol–water partition coefficient (Wildman–Crippen LogP) is 3.97. The molecule has 120 valence electrons. The van der Waals surface area contributed by atoms with Gasteiger partial charge in [0, 0.05) is 5.69 Å². The summed E-state index contributed by atoms with van der Waals surface area (Å²) in [7, 11) is 0. The van der Waals surface area contributed by atoms with Gasteiger partial charge in [0.2, 0.25) is 5.13 Å². The monoisotopic (exact) mass is 354 g/mol. The lowest BCUT2D eigenvalue weighted by molar-refractivity contribution is 0.912. The third-order valence-electron chi connectivity index (χ3n) is 3.32. The molecular formula is C16H14N6S2. The van der Waals surface area contributed by atoms with Gasteiger partial charge >= 0.3 is 0 Å². The van der Waals surface area contributed by atoms with E-state index in [2.05, 4.69) is 57.8 Å². The first-order chi connectivity index (χ1) is 11.7. The Bertz CT molecular complexity index is 882. The molecule has 0 aliphatic heterocycles. The lowest BCUT2D eigenvalue weighted by Crippen LogP contribution is -1.97. The van der Waals surface area contributed by atoms with Crippen LogP contribution in [0.2, 0.25) is 0 Å². The van der Waals surface area contributed by atoms with E-state index in [1.54, 1.807) is 12.1 Å². The van der Waals surface area contributed by atoms with Crippen LogP contribution >= 0.6 is 23.1 Å². The van der Waals surface area contributed by atoms with E-state index >= 15 is 0 Å². The van der Waals surface area contributed by atoms with Crippen LogP contribution in [0.3, 0.4) is 0 Å². The molecule has 0 bridgehead atoms. The third-order valence-corrected chi connectivity index (χ3v) is 5.14. The quantitative estimate of drug-likeness (QED) is 0.742. The molecule has 0 unspecified atom stereocenters. The van der Waals surface area contributed by atoms with Gasteiger partial charge in [-0.3, -0.25) is 0 Å². The van der Waals surface area contributed by atoms with Crippen LogP contribution in [-0.2, 0) is 6.42 Å². The first-order valence-electron chi connectivity index (χ1n) is 7.30. The van der Waals surface area contributed by atoms with Gasteiger partial charge in [0.05, 0.1) is 0 Å². The maximum atomic E-state index is 8.74. The summed E-state index contributed by atoms with van der Waals surface area (Å²) in [6.45, 7) is 4.20. The summed E-state index contributed by atoms with van der Waals surface area (Å²) in [5, 5.41) is 29.7. The van der Waals surface area contributed by atoms with Crippen LogP contribution in [-0.4, -0.2) is 20.4 Å². The Labute approximate surface area is 148 Å². The number of nitrogens with zero attached hydrogens (tertiary/aromatic N) is 5. The molecule has 0 aliphatic carbocycles. The van der Waals surface area contributed by atoms with E-state index in [0.717, 1.165) is 21.6 Å². The highest BCUT2D eigenvalue weighted by atomic mass is 32.2. The zero-order chi connectivity index (χ0) is 16.9. The Morgan fingerprint density at radius 2 is 2.04 bits per heavy atom. The van der Waals surface area contributed by atoms with Gasteiger partial charge in [-0.1, -0.05) is 36.5 Å². The molecule has 0 spiro atoms. The smallest absolute Gasteiger partial charge is 0.210 e. The topological polar surface area (TPSA) is 87.4 Å². The van der Waals surface area contributed by atoms with Gasteiger partial charge in [0.25, 0.3) is 0 Å². The number of aryl methyl sites for hydroxylation is 2. The number of hydrogen-bond donors (Lipinski definition) is 1. The molecule has 24 heavy (non-hydrogen) atoms. The number of anilines is 2. The molecule has 3 aromatic rings. The van der Waals surface area contributed by atoms with Crippen molar-refractivity contribution in [2.75, 3.05) is 5.32 Å². The number of para-hydroxylation sites is 1. The molecule has 2 heterocycles. The van der Waals surface area contributed by atoms with E-state index in [1.807, 2.05) is 6.07 Å². The van der Waals surface area contributed by atoms with E-state index < -0.39 is 0 Å². The van der Waals surface area contributed by atoms with Gasteiger partial charge in [-0.05, 0) is 48.4 Å². The lowest BCUT2D eigenvalue weighted by Gasteiger charge is -2.11. The van der Waals surface area contributed by atoms with Gasteiger partial charge in [-0.15, -0.1) is 20.4 Å². The molecule has 0 saturated heterocycles. The van der Waals surface area contributed by atoms with Crippen molar-refractivity contribution in [2.45, 2.75) is 29.6 Å². The minimum Gasteiger partial charge on any atom is -0.330 e. The minimum atomic E-state index is 0.297. The van der Waals surface area contributed by atoms with Crippen molar-refractivity contribution < 1.29 is 0 Å². The largest absolute Gasteiger partial charge is 0.330 e. The highest BCUT2D eigenvalue weighted by Crippen LogP contribution is 2.33. The molecule has 0 fully saturated rings. The Kier molecular flexibility index (Phi) is 5.03. The number of nitriles is 1. The van der Waals surface area contributed by atoms with Crippen molar-refractivity contribution >= 4 is 33.9 Å². The molecule has 0 amide bonds. The Morgan fingerprint density at radius 1 is 1.17 bits per heavy atom. The molecule has 2 aromatic heterocycles. The van der Waals surface area contributed by atoms with Crippen molar-refractivity contribution in [2.24, 2.45) is 0 Å². The molecule has 0 saturated carbocycles. The van der Waals surface area contributed by atoms with Crippen molar-refractivity contribution in [1.82, 2.24) is 20.4 Å². The summed E-state index contributed by atoms with van der Waals surface area (Å²) in [6.07, 6.45) is 0.950. The average Bonchev–Trinajstić information content (AvgIpc) is 3.04. The van der Waals surface area contributed by atoms with E-state index in [1.165, 1.54) is 34.2 Å². The van der Waals surface area contributed by atoms with E-state index in [-0.39, 0.29) is 0 Å². The molecule has 0 atom stereocenters. The lowest BCUT2D eigenvalue weighted by atomic mass is 10.1. The van der Waals surface area contributed by atoms with E-state index in [0.29, 0.717) is 10.7 Å². The zero-order valence-electron chi connectivity index (χ0n) is 13.1. The van der Waals surface area contributed by atoms with Crippen molar-refractivity contribution in [1.29, 1.82) is 5.26 Å². The molecule has 1 aromatic carbocycles. The molecule has 0 radical (unpaired) electrons. The molecule has 1 N–H and O–H groups in total. The SMILES string of the molecule is CCc1cccc(C)c1Nc1nnc(Sc2ccc(C#N)nn2)s1. The highest BCUT2D eigenvalue weighted by Gasteiger charge is 2.10. The first kappa shape index (κ1) is 16.4. The maximum absolute atomic E-state index is 8.74. The second-order valence-corrected chi connectivity index (χ2v) is 7.18. The van der Waals surface area contributed by atoms with Crippen LogP contribution in [0.4, 0.5) is 10.8 Å². The van der Waals surface area contributed by atoms with Gasteiger partial charge in [0.1, 0.15) is 11.1 Å². The molecular weight excluding hydrogens is 340 g/mol. The zero-order valence-corrected chi connectivity index (χ0v) is 14.8. The summed E-state index contributed by atoms with van der Waals surface area (Å²) in [4.78, 5) is 0. The molecule has 3 rings (SSSR count). The summed E-state index contributed by atoms with van der Waals surface area (Å²) in [6, 6.07) is 11.6. The second-order valence-electron chi connectivity index (χ2n) is 4.93. The number of nitrogens with one attached hydrogen (secondary N) is 1. The number of hydrogen-bond acceptors (Lipinski definition) is 8. The van der Waals surface area contributed by atoms with Crippen molar-refractivity contribution in [3.05, 3.63) is 47.2 Å². The number of aromatic nitrogens is 4. The Morgan fingerprint density at radius 3 is 2.75 bits per heavy atom. The first-order valence-corrected chi connectivity index (χ1v) is 8.93. The molecule has 8 heteroatoms. The standard InChI is InChI=1S/C16H14N6S2/c1-3-11-6-4-5-10(2)14(11)18-15-21-22-16(24-15)23-13-8-7-12(9-17)19-20-13/h4-8H,3H2,1-2H3,(H,18,21). The van der Waals surface area contributed by atoms with Crippen molar-refractivity contribution in [3.63, 3.8) is 0 Å². The fourth-order valence-corrected chi connectivity index (χ4v) is 3.75. The van der Waals surface area contributed by atoms with Gasteiger partial charge in [-0.2, -0.15) is 5.26 Å². The number of rotatable bonds is 5. The maximum Gasteiger partial charge on any atom is 0.210 e. The van der Waals surface area contributed by atoms with Crippen LogP contribution in [0.15, 0.2) is 39.7 Å². The molecule has 0 aliphatic rings. The van der Waals surface area contributed by atoms with Gasteiger partial charge in [0.15, 0.2) is 10.0 Å². The van der Waals surface area contributed by atoms with Crippen LogP contribution < -0.4 is 5.32 Å². The fraction of sp³-hybridized carbons (Fsp3) is 0.188. The fourth-order valence-electron chi connectivity index (χ4n) is 2.13. The average molecular weight is 354 g/mol. The summed E-state index contributed by atoms with van der Waals surface area (Å²) < 4.78 is 0.767.